The van der Waals surface area contributed by atoms with Gasteiger partial charge in [-0.1, -0.05) is 0 Å². The minimum Gasteiger partial charge on any atom is -0.396 e. The van der Waals surface area contributed by atoms with E-state index in [-0.39, 0.29) is 16.5 Å². The summed E-state index contributed by atoms with van der Waals surface area (Å²) in [6.45, 7) is 1.83. The Morgan fingerprint density at radius 3 is 2.82 bits per heavy atom. The Balaban J connectivity index is 2.35. The number of thiazole rings is 1. The van der Waals surface area contributed by atoms with E-state index in [1.54, 1.807) is 11.4 Å². The maximum absolute atomic E-state index is 12.1. The van der Waals surface area contributed by atoms with Gasteiger partial charge in [-0.05, 0) is 19.1 Å². The van der Waals surface area contributed by atoms with Crippen molar-refractivity contribution in [2.75, 3.05) is 5.73 Å². The van der Waals surface area contributed by atoms with Crippen LogP contribution < -0.4 is 5.73 Å². The maximum Gasteiger partial charge on any atom is 0.203 e. The van der Waals surface area contributed by atoms with Gasteiger partial charge in [-0.15, -0.1) is 11.3 Å². The molecule has 2 aromatic rings. The highest BCUT2D eigenvalue weighted by atomic mass is 32.2. The second-order valence-electron chi connectivity index (χ2n) is 3.51. The number of aryl methyl sites for hydroxylation is 1. The van der Waals surface area contributed by atoms with E-state index < -0.39 is 9.84 Å². The summed E-state index contributed by atoms with van der Waals surface area (Å²) in [5.74, 6) is -0.168. The molecule has 2 rings (SSSR count). The highest BCUT2D eigenvalue weighted by Gasteiger charge is 2.20. The molecule has 0 saturated carbocycles. The van der Waals surface area contributed by atoms with Gasteiger partial charge in [0.25, 0.3) is 0 Å². The van der Waals surface area contributed by atoms with Crippen LogP contribution in [0, 0.1) is 6.92 Å². The lowest BCUT2D eigenvalue weighted by Gasteiger charge is -2.04. The highest BCUT2D eigenvalue weighted by Crippen LogP contribution is 2.20. The molecule has 2 N–H and O–H groups in total. The zero-order valence-corrected chi connectivity index (χ0v) is 10.8. The fraction of sp³-hybridized carbons (Fsp3) is 0.200. The number of aromatic nitrogens is 2. The Hall–Kier alpha value is -1.47. The molecule has 0 saturated heterocycles. The van der Waals surface area contributed by atoms with Crippen molar-refractivity contribution < 1.29 is 8.42 Å². The predicted octanol–water partition coefficient (Wildman–Crippen LogP) is 1.40. The average Bonchev–Trinajstić information content (AvgIpc) is 2.63. The van der Waals surface area contributed by atoms with Crippen molar-refractivity contribution in [1.29, 1.82) is 0 Å². The first-order valence-corrected chi connectivity index (χ1v) is 7.36. The lowest BCUT2D eigenvalue weighted by molar-refractivity contribution is 0.591. The van der Waals surface area contributed by atoms with E-state index in [0.29, 0.717) is 5.69 Å². The monoisotopic (exact) mass is 269 g/mol. The van der Waals surface area contributed by atoms with Gasteiger partial charge in [0.1, 0.15) is 0 Å². The summed E-state index contributed by atoms with van der Waals surface area (Å²) in [5, 5.41) is 2.49. The first-order valence-electron chi connectivity index (χ1n) is 4.83. The summed E-state index contributed by atoms with van der Waals surface area (Å²) in [4.78, 5) is 7.94. The van der Waals surface area contributed by atoms with Crippen molar-refractivity contribution in [3.05, 3.63) is 34.4 Å². The van der Waals surface area contributed by atoms with E-state index in [2.05, 4.69) is 9.97 Å². The summed E-state index contributed by atoms with van der Waals surface area (Å²) in [7, 11) is -3.52. The molecule has 5 nitrogen and oxygen atoms in total. The van der Waals surface area contributed by atoms with Crippen molar-refractivity contribution in [3.63, 3.8) is 0 Å². The summed E-state index contributed by atoms with van der Waals surface area (Å²) in [5.41, 5.74) is 6.30. The number of nitrogen functional groups attached to an aromatic ring is 1. The number of anilines is 1. The van der Waals surface area contributed by atoms with Crippen LogP contribution in [-0.4, -0.2) is 18.4 Å². The second-order valence-corrected chi connectivity index (χ2v) is 6.48. The smallest absolute Gasteiger partial charge is 0.203 e. The van der Waals surface area contributed by atoms with Crippen LogP contribution in [0.3, 0.4) is 0 Å². The van der Waals surface area contributed by atoms with Gasteiger partial charge in [0.2, 0.25) is 9.84 Å². The van der Waals surface area contributed by atoms with Crippen molar-refractivity contribution in [1.82, 2.24) is 9.97 Å². The Labute approximate surface area is 103 Å². The molecule has 0 fully saturated rings. The van der Waals surface area contributed by atoms with Gasteiger partial charge in [-0.2, -0.15) is 0 Å². The van der Waals surface area contributed by atoms with Gasteiger partial charge in [0.15, 0.2) is 5.03 Å². The zero-order chi connectivity index (χ0) is 12.5. The third kappa shape index (κ3) is 2.62. The summed E-state index contributed by atoms with van der Waals surface area (Å²) in [6, 6.07) is 3.12. The molecule has 0 radical (unpaired) electrons. The van der Waals surface area contributed by atoms with E-state index in [9.17, 15) is 8.42 Å². The van der Waals surface area contributed by atoms with Crippen molar-refractivity contribution in [2.45, 2.75) is 17.7 Å². The molecular weight excluding hydrogens is 258 g/mol. The van der Waals surface area contributed by atoms with Gasteiger partial charge < -0.3 is 5.73 Å². The Kier molecular flexibility index (Phi) is 3.12. The largest absolute Gasteiger partial charge is 0.396 e. The fourth-order valence-corrected chi connectivity index (χ4v) is 3.44. The number of hydrogen-bond acceptors (Lipinski definition) is 6. The van der Waals surface area contributed by atoms with Crippen molar-refractivity contribution >= 4 is 26.9 Å². The molecule has 0 bridgehead atoms. The van der Waals surface area contributed by atoms with Crippen LogP contribution in [0.15, 0.2) is 28.7 Å². The predicted molar refractivity (Wildman–Crippen MR) is 66.4 cm³/mol. The van der Waals surface area contributed by atoms with Crippen LogP contribution in [0.1, 0.15) is 10.7 Å². The van der Waals surface area contributed by atoms with E-state index >= 15 is 0 Å². The first kappa shape index (κ1) is 12.0. The average molecular weight is 269 g/mol. The molecule has 0 amide bonds. The van der Waals surface area contributed by atoms with E-state index in [0.717, 1.165) is 5.01 Å². The van der Waals surface area contributed by atoms with Gasteiger partial charge in [0, 0.05) is 11.6 Å². The molecule has 0 unspecified atom stereocenters. The van der Waals surface area contributed by atoms with Crippen molar-refractivity contribution in [2.24, 2.45) is 0 Å². The highest BCUT2D eigenvalue weighted by molar-refractivity contribution is 7.90. The molecule has 0 aliphatic rings. The molecule has 90 valence electrons. The normalized spacial score (nSPS) is 11.6. The van der Waals surface area contributed by atoms with Gasteiger partial charge >= 0.3 is 0 Å². The molecule has 0 aliphatic heterocycles. The second kappa shape index (κ2) is 4.42. The Bertz CT molecular complexity index is 635. The molecule has 0 atom stereocenters. The number of rotatable bonds is 3. The number of pyridine rings is 1. The van der Waals surface area contributed by atoms with Crippen molar-refractivity contribution in [3.8, 4) is 0 Å². The summed E-state index contributed by atoms with van der Waals surface area (Å²) >= 11 is 1.42. The number of nitrogens with zero attached hydrogens (tertiary/aromatic N) is 2. The summed E-state index contributed by atoms with van der Waals surface area (Å²) < 4.78 is 24.1. The lowest BCUT2D eigenvalue weighted by Crippen LogP contribution is -2.10. The molecule has 7 heteroatoms. The van der Waals surface area contributed by atoms with Crippen LogP contribution in [0.5, 0.6) is 0 Å². The third-order valence-electron chi connectivity index (χ3n) is 2.10. The molecule has 0 spiro atoms. The van der Waals surface area contributed by atoms with E-state index in [1.165, 1.54) is 23.6 Å². The minimum atomic E-state index is -3.52. The zero-order valence-electron chi connectivity index (χ0n) is 9.12. The van der Waals surface area contributed by atoms with Crippen LogP contribution in [-0.2, 0) is 15.6 Å². The molecule has 2 heterocycles. The van der Waals surface area contributed by atoms with Gasteiger partial charge in [-0.25, -0.2) is 18.4 Å². The number of sulfone groups is 1. The minimum absolute atomic E-state index is 0.0781. The number of hydrogen-bond donors (Lipinski definition) is 1. The van der Waals surface area contributed by atoms with E-state index in [4.69, 9.17) is 5.73 Å². The van der Waals surface area contributed by atoms with E-state index in [1.807, 2.05) is 6.92 Å². The molecule has 2 aromatic heterocycles. The summed E-state index contributed by atoms with van der Waals surface area (Å²) in [6.07, 6.45) is 1.41. The molecule has 17 heavy (non-hydrogen) atoms. The standard InChI is InChI=1S/C10H11N3O2S2/c1-7-13-8(5-16-7)6-17(14,15)10-9(11)3-2-4-12-10/h2-5H,6,11H2,1H3. The van der Waals surface area contributed by atoms with Gasteiger partial charge in [-0.3, -0.25) is 0 Å². The lowest BCUT2D eigenvalue weighted by atomic mass is 10.4. The third-order valence-corrected chi connectivity index (χ3v) is 4.53. The quantitative estimate of drug-likeness (QED) is 0.910. The van der Waals surface area contributed by atoms with Crippen LogP contribution in [0.25, 0.3) is 0 Å². The number of nitrogens with two attached hydrogens (primary N) is 1. The fourth-order valence-electron chi connectivity index (χ4n) is 1.40. The SMILES string of the molecule is Cc1nc(CS(=O)(=O)c2ncccc2N)cs1. The Morgan fingerprint density at radius 1 is 1.47 bits per heavy atom. The van der Waals surface area contributed by atoms with Gasteiger partial charge in [0.05, 0.1) is 22.1 Å². The maximum atomic E-state index is 12.1. The Morgan fingerprint density at radius 2 is 2.24 bits per heavy atom. The first-order chi connectivity index (χ1) is 7.99. The van der Waals surface area contributed by atoms with Crippen LogP contribution in [0.2, 0.25) is 0 Å². The molecule has 0 aliphatic carbocycles. The van der Waals surface area contributed by atoms with Crippen LogP contribution in [0.4, 0.5) is 5.69 Å². The molecular formula is C10H11N3O2S2. The topological polar surface area (TPSA) is 85.9 Å². The van der Waals surface area contributed by atoms with Crippen LogP contribution >= 0.6 is 11.3 Å². The molecule has 0 aromatic carbocycles.